The minimum Gasteiger partial charge on any atom is -0.316 e. The van der Waals surface area contributed by atoms with Crippen LogP contribution in [0.25, 0.3) is 0 Å². The van der Waals surface area contributed by atoms with Gasteiger partial charge in [-0.1, -0.05) is 19.9 Å². The van der Waals surface area contributed by atoms with Gasteiger partial charge in [0.05, 0.1) is 5.69 Å². The van der Waals surface area contributed by atoms with Crippen LogP contribution in [0.5, 0.6) is 0 Å². The monoisotopic (exact) mass is 269 g/mol. The Morgan fingerprint density at radius 2 is 2.28 bits per heavy atom. The molecule has 0 aromatic carbocycles. The van der Waals surface area contributed by atoms with Crippen LogP contribution in [-0.2, 0) is 6.54 Å². The molecule has 4 heteroatoms. The molecule has 1 atom stereocenters. The van der Waals surface area contributed by atoms with Gasteiger partial charge in [0.1, 0.15) is 0 Å². The van der Waals surface area contributed by atoms with E-state index in [0.29, 0.717) is 5.41 Å². The van der Waals surface area contributed by atoms with Crippen molar-refractivity contribution >= 4 is 12.4 Å². The normalized spacial score (nSPS) is 23.1. The molecule has 3 nitrogen and oxygen atoms in total. The van der Waals surface area contributed by atoms with Crippen LogP contribution in [0.15, 0.2) is 24.4 Å². The van der Waals surface area contributed by atoms with Crippen molar-refractivity contribution in [3.63, 3.8) is 0 Å². The van der Waals surface area contributed by atoms with Crippen molar-refractivity contribution in [3.8, 4) is 0 Å². The first-order valence-electron chi connectivity index (χ1n) is 6.55. The Labute approximate surface area is 116 Å². The van der Waals surface area contributed by atoms with Crippen molar-refractivity contribution < 1.29 is 0 Å². The van der Waals surface area contributed by atoms with Crippen molar-refractivity contribution in [1.29, 1.82) is 0 Å². The second-order valence-electron chi connectivity index (χ2n) is 5.36. The Bertz CT molecular complexity index is 336. The molecular formula is C14H24ClN3. The second kappa shape index (κ2) is 7.07. The molecule has 1 unspecified atom stereocenters. The van der Waals surface area contributed by atoms with E-state index in [-0.39, 0.29) is 12.4 Å². The van der Waals surface area contributed by atoms with Gasteiger partial charge in [0.2, 0.25) is 0 Å². The molecule has 1 aliphatic rings. The Morgan fingerprint density at radius 1 is 1.44 bits per heavy atom. The average Bonchev–Trinajstić information content (AvgIpc) is 2.76. The van der Waals surface area contributed by atoms with Gasteiger partial charge in [0.15, 0.2) is 0 Å². The lowest BCUT2D eigenvalue weighted by Gasteiger charge is -2.31. The molecule has 1 aromatic rings. The zero-order valence-corrected chi connectivity index (χ0v) is 12.2. The van der Waals surface area contributed by atoms with E-state index in [9.17, 15) is 0 Å². The topological polar surface area (TPSA) is 28.2 Å². The van der Waals surface area contributed by atoms with Gasteiger partial charge < -0.3 is 5.32 Å². The van der Waals surface area contributed by atoms with Crippen molar-refractivity contribution in [3.05, 3.63) is 30.1 Å². The first kappa shape index (κ1) is 15.4. The molecule has 102 valence electrons. The van der Waals surface area contributed by atoms with Crippen LogP contribution in [0.3, 0.4) is 0 Å². The molecule has 1 aromatic heterocycles. The third-order valence-corrected chi connectivity index (χ3v) is 3.62. The van der Waals surface area contributed by atoms with Crippen molar-refractivity contribution in [2.24, 2.45) is 5.41 Å². The van der Waals surface area contributed by atoms with E-state index >= 15 is 0 Å². The van der Waals surface area contributed by atoms with Crippen molar-refractivity contribution in [2.45, 2.75) is 26.8 Å². The van der Waals surface area contributed by atoms with Gasteiger partial charge in [-0.25, -0.2) is 0 Å². The lowest BCUT2D eigenvalue weighted by molar-refractivity contribution is 0.176. The summed E-state index contributed by atoms with van der Waals surface area (Å²) < 4.78 is 0. The quantitative estimate of drug-likeness (QED) is 0.889. The molecule has 1 aliphatic heterocycles. The summed E-state index contributed by atoms with van der Waals surface area (Å²) in [6, 6.07) is 6.15. The molecule has 0 saturated carbocycles. The molecule has 0 bridgehead atoms. The van der Waals surface area contributed by atoms with Crippen LogP contribution in [0.1, 0.15) is 26.0 Å². The van der Waals surface area contributed by atoms with E-state index in [2.05, 4.69) is 41.2 Å². The van der Waals surface area contributed by atoms with Gasteiger partial charge in [-0.3, -0.25) is 9.88 Å². The highest BCUT2D eigenvalue weighted by Crippen LogP contribution is 2.26. The largest absolute Gasteiger partial charge is 0.316 e. The van der Waals surface area contributed by atoms with E-state index in [1.165, 1.54) is 12.1 Å². The SMILES string of the molecule is CCN(Cc1ccccn1)CC1(C)CCNC1.Cl. The van der Waals surface area contributed by atoms with Gasteiger partial charge in [0.25, 0.3) is 0 Å². The maximum absolute atomic E-state index is 4.41. The zero-order valence-electron chi connectivity index (χ0n) is 11.4. The smallest absolute Gasteiger partial charge is 0.0543 e. The summed E-state index contributed by atoms with van der Waals surface area (Å²) in [5.41, 5.74) is 1.61. The molecule has 2 rings (SSSR count). The number of nitrogens with zero attached hydrogens (tertiary/aromatic N) is 2. The van der Waals surface area contributed by atoms with Gasteiger partial charge in [-0.05, 0) is 37.1 Å². The third kappa shape index (κ3) is 4.23. The minimum atomic E-state index is 0. The molecule has 18 heavy (non-hydrogen) atoms. The van der Waals surface area contributed by atoms with Gasteiger partial charge in [-0.15, -0.1) is 12.4 Å². The van der Waals surface area contributed by atoms with Crippen molar-refractivity contribution in [1.82, 2.24) is 15.2 Å². The summed E-state index contributed by atoms with van der Waals surface area (Å²) in [6.07, 6.45) is 3.16. The number of aromatic nitrogens is 1. The standard InChI is InChI=1S/C14H23N3.ClH/c1-3-17(10-13-6-4-5-8-16-13)12-14(2)7-9-15-11-14;/h4-6,8,15H,3,7,9-12H2,1-2H3;1H. The number of hydrogen-bond donors (Lipinski definition) is 1. The Kier molecular flexibility index (Phi) is 6.06. The highest BCUT2D eigenvalue weighted by Gasteiger charge is 2.30. The fraction of sp³-hybridized carbons (Fsp3) is 0.643. The van der Waals surface area contributed by atoms with E-state index in [1.54, 1.807) is 0 Å². The lowest BCUT2D eigenvalue weighted by atomic mass is 9.89. The summed E-state index contributed by atoms with van der Waals surface area (Å²) in [6.45, 7) is 10.1. The summed E-state index contributed by atoms with van der Waals surface area (Å²) in [5.74, 6) is 0. The van der Waals surface area contributed by atoms with E-state index in [1.807, 2.05) is 12.3 Å². The van der Waals surface area contributed by atoms with Crippen LogP contribution in [0.2, 0.25) is 0 Å². The summed E-state index contributed by atoms with van der Waals surface area (Å²) >= 11 is 0. The molecule has 0 spiro atoms. The van der Waals surface area contributed by atoms with Crippen LogP contribution < -0.4 is 5.32 Å². The summed E-state index contributed by atoms with van der Waals surface area (Å²) in [5, 5.41) is 3.46. The number of hydrogen-bond acceptors (Lipinski definition) is 3. The summed E-state index contributed by atoms with van der Waals surface area (Å²) in [4.78, 5) is 6.90. The first-order chi connectivity index (χ1) is 8.22. The van der Waals surface area contributed by atoms with Gasteiger partial charge in [-0.2, -0.15) is 0 Å². The average molecular weight is 270 g/mol. The first-order valence-corrected chi connectivity index (χ1v) is 6.55. The molecular weight excluding hydrogens is 246 g/mol. The molecule has 2 heterocycles. The number of halogens is 1. The number of rotatable bonds is 5. The highest BCUT2D eigenvalue weighted by atomic mass is 35.5. The molecule has 0 amide bonds. The molecule has 1 N–H and O–H groups in total. The van der Waals surface area contributed by atoms with Gasteiger partial charge >= 0.3 is 0 Å². The van der Waals surface area contributed by atoms with E-state index in [4.69, 9.17) is 0 Å². The Hall–Kier alpha value is -0.640. The van der Waals surface area contributed by atoms with Crippen LogP contribution >= 0.6 is 12.4 Å². The maximum Gasteiger partial charge on any atom is 0.0543 e. The fourth-order valence-corrected chi connectivity index (χ4v) is 2.54. The van der Waals surface area contributed by atoms with Crippen LogP contribution in [0, 0.1) is 5.41 Å². The van der Waals surface area contributed by atoms with E-state index < -0.39 is 0 Å². The molecule has 1 fully saturated rings. The predicted octanol–water partition coefficient (Wildman–Crippen LogP) is 2.32. The van der Waals surface area contributed by atoms with Crippen LogP contribution in [-0.4, -0.2) is 36.1 Å². The molecule has 0 radical (unpaired) electrons. The Balaban J connectivity index is 0.00000162. The van der Waals surface area contributed by atoms with Gasteiger partial charge in [0, 0.05) is 25.8 Å². The lowest BCUT2D eigenvalue weighted by Crippen LogP contribution is -2.37. The minimum absolute atomic E-state index is 0. The number of nitrogens with one attached hydrogen (secondary N) is 1. The predicted molar refractivity (Wildman–Crippen MR) is 78.0 cm³/mol. The molecule has 0 aliphatic carbocycles. The molecule has 1 saturated heterocycles. The third-order valence-electron chi connectivity index (χ3n) is 3.62. The Morgan fingerprint density at radius 3 is 2.83 bits per heavy atom. The van der Waals surface area contributed by atoms with E-state index in [0.717, 1.165) is 32.7 Å². The number of pyridine rings is 1. The summed E-state index contributed by atoms with van der Waals surface area (Å²) in [7, 11) is 0. The fourth-order valence-electron chi connectivity index (χ4n) is 2.54. The van der Waals surface area contributed by atoms with Crippen molar-refractivity contribution in [2.75, 3.05) is 26.2 Å². The maximum atomic E-state index is 4.41. The highest BCUT2D eigenvalue weighted by molar-refractivity contribution is 5.85. The zero-order chi connectivity index (χ0) is 12.1. The van der Waals surface area contributed by atoms with Crippen LogP contribution in [0.4, 0.5) is 0 Å². The second-order valence-corrected chi connectivity index (χ2v) is 5.36.